The zero-order valence-electron chi connectivity index (χ0n) is 21.7. The van der Waals surface area contributed by atoms with E-state index in [0.29, 0.717) is 57.1 Å². The van der Waals surface area contributed by atoms with E-state index in [2.05, 4.69) is 12.2 Å². The van der Waals surface area contributed by atoms with Crippen molar-refractivity contribution in [3.05, 3.63) is 10.6 Å². The molecule has 1 aliphatic heterocycles. The predicted octanol–water partition coefficient (Wildman–Crippen LogP) is 3.18. The summed E-state index contributed by atoms with van der Waals surface area (Å²) in [5, 5.41) is 24.9. The summed E-state index contributed by atoms with van der Waals surface area (Å²) in [5.41, 5.74) is -0.190. The molecule has 5 unspecified atom stereocenters. The highest BCUT2D eigenvalue weighted by atomic mass is 32.1. The number of aromatic nitrogens is 1. The Morgan fingerprint density at radius 3 is 2.57 bits per heavy atom. The van der Waals surface area contributed by atoms with Crippen LogP contribution >= 0.6 is 11.3 Å². The number of nitrogens with zero attached hydrogens (tertiary/aromatic N) is 2. The summed E-state index contributed by atoms with van der Waals surface area (Å²) in [7, 11) is 0. The number of nitrogens with one attached hydrogen (secondary N) is 1. The maximum Gasteiger partial charge on any atom is 0.226 e. The van der Waals surface area contributed by atoms with Crippen LogP contribution in [0.5, 0.6) is 0 Å². The number of aliphatic hydroxyl groups is 2. The average Bonchev–Trinajstić information content (AvgIpc) is 3.19. The number of anilines is 1. The fraction of sp³-hybridized carbons (Fsp3) is 0.808. The van der Waals surface area contributed by atoms with Gasteiger partial charge in [-0.1, -0.05) is 34.6 Å². The number of ether oxygens (including phenoxy) is 1. The van der Waals surface area contributed by atoms with Crippen molar-refractivity contribution in [2.24, 2.45) is 22.2 Å². The van der Waals surface area contributed by atoms with Crippen LogP contribution in [0.3, 0.4) is 0 Å². The maximum atomic E-state index is 13.4. The van der Waals surface area contributed by atoms with E-state index in [0.717, 1.165) is 17.0 Å². The van der Waals surface area contributed by atoms with Crippen LogP contribution in [0.1, 0.15) is 76.8 Å². The lowest BCUT2D eigenvalue weighted by Crippen LogP contribution is -2.58. The highest BCUT2D eigenvalue weighted by molar-refractivity contribution is 7.15. The molecule has 4 rings (SSSR count). The Balaban J connectivity index is 1.69. The summed E-state index contributed by atoms with van der Waals surface area (Å²) in [5.74, 6) is -0.121. The molecule has 5 atom stereocenters. The van der Waals surface area contributed by atoms with Gasteiger partial charge in [-0.05, 0) is 36.0 Å². The number of fused-ring (bicyclic) bond motifs is 2. The van der Waals surface area contributed by atoms with Crippen molar-refractivity contribution in [1.82, 2.24) is 9.88 Å². The van der Waals surface area contributed by atoms with Crippen molar-refractivity contribution in [3.8, 4) is 0 Å². The predicted molar refractivity (Wildman–Crippen MR) is 135 cm³/mol. The van der Waals surface area contributed by atoms with Gasteiger partial charge in [0.1, 0.15) is 0 Å². The Kier molecular flexibility index (Phi) is 7.37. The number of morpholine rings is 1. The Bertz CT molecular complexity index is 953. The molecule has 9 heteroatoms. The van der Waals surface area contributed by atoms with Crippen LogP contribution in [0.2, 0.25) is 0 Å². The largest absolute Gasteiger partial charge is 0.396 e. The molecule has 0 aromatic carbocycles. The molecule has 0 radical (unpaired) electrons. The van der Waals surface area contributed by atoms with E-state index in [9.17, 15) is 19.8 Å². The lowest BCUT2D eigenvalue weighted by atomic mass is 9.47. The van der Waals surface area contributed by atoms with Gasteiger partial charge in [0.15, 0.2) is 5.13 Å². The molecule has 3 N–H and O–H groups in total. The van der Waals surface area contributed by atoms with Crippen LogP contribution in [0.25, 0.3) is 0 Å². The van der Waals surface area contributed by atoms with Gasteiger partial charge in [-0.25, -0.2) is 4.98 Å². The zero-order valence-corrected chi connectivity index (χ0v) is 22.5. The Morgan fingerprint density at radius 1 is 1.26 bits per heavy atom. The number of carbonyl (C=O) groups is 2. The van der Waals surface area contributed by atoms with Gasteiger partial charge >= 0.3 is 0 Å². The number of rotatable bonds is 5. The topological polar surface area (TPSA) is 112 Å². The van der Waals surface area contributed by atoms with E-state index in [1.807, 2.05) is 32.6 Å². The molecule has 3 aliphatic rings. The first-order valence-electron chi connectivity index (χ1n) is 12.8. The Hall–Kier alpha value is -1.55. The Morgan fingerprint density at radius 2 is 1.94 bits per heavy atom. The third kappa shape index (κ3) is 5.15. The van der Waals surface area contributed by atoms with Crippen LogP contribution in [-0.4, -0.2) is 70.9 Å². The van der Waals surface area contributed by atoms with Gasteiger partial charge < -0.3 is 25.2 Å². The van der Waals surface area contributed by atoms with E-state index in [4.69, 9.17) is 9.72 Å². The molecule has 1 aromatic rings. The molecular formula is C26H41N3O5S. The molecule has 2 heterocycles. The average molecular weight is 508 g/mol. The van der Waals surface area contributed by atoms with Crippen LogP contribution in [0.15, 0.2) is 0 Å². The third-order valence-electron chi connectivity index (χ3n) is 8.57. The minimum Gasteiger partial charge on any atom is -0.396 e. The fourth-order valence-electron chi connectivity index (χ4n) is 6.46. The van der Waals surface area contributed by atoms with Crippen LogP contribution < -0.4 is 5.32 Å². The van der Waals surface area contributed by atoms with E-state index < -0.39 is 11.5 Å². The van der Waals surface area contributed by atoms with Gasteiger partial charge in [-0.2, -0.15) is 0 Å². The lowest BCUT2D eigenvalue weighted by molar-refractivity contribution is -0.149. The molecule has 1 saturated heterocycles. The second kappa shape index (κ2) is 9.72. The van der Waals surface area contributed by atoms with E-state index in [1.165, 1.54) is 11.3 Å². The first-order valence-corrected chi connectivity index (χ1v) is 13.6. The molecular weight excluding hydrogens is 466 g/mol. The van der Waals surface area contributed by atoms with Crippen molar-refractivity contribution >= 4 is 28.3 Å². The zero-order chi connectivity index (χ0) is 25.6. The molecule has 1 saturated carbocycles. The van der Waals surface area contributed by atoms with E-state index in [1.54, 1.807) is 0 Å². The van der Waals surface area contributed by atoms with Crippen molar-refractivity contribution < 1.29 is 24.5 Å². The first-order chi connectivity index (χ1) is 16.4. The summed E-state index contributed by atoms with van der Waals surface area (Å²) in [6, 6.07) is 0. The summed E-state index contributed by atoms with van der Waals surface area (Å²) >= 11 is 1.47. The molecule has 0 bridgehead atoms. The number of aliphatic hydroxyl groups excluding tert-OH is 2. The molecule has 8 nitrogen and oxygen atoms in total. The number of amides is 2. The number of thiazole rings is 1. The van der Waals surface area contributed by atoms with Crippen LogP contribution in [-0.2, 0) is 20.7 Å². The summed E-state index contributed by atoms with van der Waals surface area (Å²) in [6.45, 7) is 12.4. The van der Waals surface area contributed by atoms with Crippen molar-refractivity contribution in [2.75, 3.05) is 38.2 Å². The molecule has 35 heavy (non-hydrogen) atoms. The normalized spacial score (nSPS) is 33.1. The van der Waals surface area contributed by atoms with Crippen molar-refractivity contribution in [3.63, 3.8) is 0 Å². The van der Waals surface area contributed by atoms with Gasteiger partial charge in [-0.3, -0.25) is 9.59 Å². The maximum absolute atomic E-state index is 13.4. The fourth-order valence-corrected chi connectivity index (χ4v) is 7.55. The standard InChI is InChI=1S/C26H41N3O5S/c1-24(2,3)14-20(32)27-23-28-22-16(12-21(33)29-8-10-34-11-9-29)25(4)7-6-19(31)26(5,15-30)18(25)13-17(22)35-23/h16,18-19,30-31H,6-15H2,1-5H3,(H,27,28,32). The van der Waals surface area contributed by atoms with Crippen molar-refractivity contribution in [2.45, 2.75) is 78.7 Å². The van der Waals surface area contributed by atoms with Crippen LogP contribution in [0.4, 0.5) is 5.13 Å². The minimum absolute atomic E-state index is 0.00249. The highest BCUT2D eigenvalue weighted by Gasteiger charge is 2.59. The summed E-state index contributed by atoms with van der Waals surface area (Å²) in [6.07, 6.45) is 2.15. The van der Waals surface area contributed by atoms with Gasteiger partial charge in [0.2, 0.25) is 11.8 Å². The Labute approximate surface area is 212 Å². The second-order valence-electron chi connectivity index (χ2n) is 12.3. The number of hydrogen-bond donors (Lipinski definition) is 3. The van der Waals surface area contributed by atoms with Gasteiger partial charge in [0.05, 0.1) is 31.6 Å². The SMILES string of the molecule is CC(C)(C)CC(=O)Nc1nc2c(s1)CC1C(C)(CO)C(O)CCC1(C)C2CC(=O)N1CCOCC1. The molecule has 0 spiro atoms. The molecule has 2 aliphatic carbocycles. The van der Waals surface area contributed by atoms with Crippen molar-refractivity contribution in [1.29, 1.82) is 0 Å². The van der Waals surface area contributed by atoms with Gasteiger partial charge in [-0.15, -0.1) is 11.3 Å². The number of hydrogen-bond acceptors (Lipinski definition) is 7. The quantitative estimate of drug-likeness (QED) is 0.564. The molecule has 196 valence electrons. The van der Waals surface area contributed by atoms with E-state index in [-0.39, 0.29) is 41.1 Å². The number of carbonyl (C=O) groups excluding carboxylic acids is 2. The monoisotopic (exact) mass is 507 g/mol. The van der Waals surface area contributed by atoms with Crippen LogP contribution in [0, 0.1) is 22.2 Å². The highest BCUT2D eigenvalue weighted by Crippen LogP contribution is 2.63. The smallest absolute Gasteiger partial charge is 0.226 e. The van der Waals surface area contributed by atoms with E-state index >= 15 is 0 Å². The summed E-state index contributed by atoms with van der Waals surface area (Å²) < 4.78 is 5.43. The third-order valence-corrected chi connectivity index (χ3v) is 9.58. The summed E-state index contributed by atoms with van der Waals surface area (Å²) in [4.78, 5) is 33.9. The molecule has 1 aromatic heterocycles. The molecule has 2 amide bonds. The first kappa shape index (κ1) is 26.5. The van der Waals surface area contributed by atoms with Gasteiger partial charge in [0, 0.05) is 42.1 Å². The van der Waals surface area contributed by atoms with Gasteiger partial charge in [0.25, 0.3) is 0 Å². The molecule has 2 fully saturated rings. The second-order valence-corrected chi connectivity index (χ2v) is 13.4. The minimum atomic E-state index is -0.662. The lowest BCUT2D eigenvalue weighted by Gasteiger charge is -2.58.